The van der Waals surface area contributed by atoms with Gasteiger partial charge in [-0.2, -0.15) is 0 Å². The summed E-state index contributed by atoms with van der Waals surface area (Å²) in [4.78, 5) is 13.3. The van der Waals surface area contributed by atoms with Gasteiger partial charge in [0.25, 0.3) is 5.91 Å². The predicted octanol–water partition coefficient (Wildman–Crippen LogP) is 4.83. The molecule has 192 valence electrons. The second kappa shape index (κ2) is 9.72. The summed E-state index contributed by atoms with van der Waals surface area (Å²) in [6, 6.07) is 9.25. The summed E-state index contributed by atoms with van der Waals surface area (Å²) in [5.74, 6) is 1.10. The lowest BCUT2D eigenvalue weighted by Crippen LogP contribution is -2.51. The zero-order valence-corrected chi connectivity index (χ0v) is 23.0. The van der Waals surface area contributed by atoms with Crippen molar-refractivity contribution in [2.24, 2.45) is 0 Å². The van der Waals surface area contributed by atoms with E-state index in [0.29, 0.717) is 11.4 Å². The molecule has 0 saturated carbocycles. The summed E-state index contributed by atoms with van der Waals surface area (Å²) < 4.78 is 38.1. The lowest BCUT2D eigenvalue weighted by atomic mass is 9.86. The standard InChI is InChI=1S/C27H38N2O5S/c1-16(2)20-14-21(17(3)12-24(20)33-8)18(4)28-26(30)25-15-29(35(9,31)32)22-13-19(27(5,6)7)10-11-23(22)34-25/h10-14,16,18,25H,15H2,1-9H3,(H,28,30)/t18-,25+/m1/s1. The number of hydrogen-bond acceptors (Lipinski definition) is 5. The summed E-state index contributed by atoms with van der Waals surface area (Å²) in [5, 5.41) is 3.02. The molecule has 0 fully saturated rings. The second-order valence-electron chi connectivity index (χ2n) is 10.7. The van der Waals surface area contributed by atoms with Crippen LogP contribution >= 0.6 is 0 Å². The van der Waals surface area contributed by atoms with Gasteiger partial charge >= 0.3 is 0 Å². The number of anilines is 1. The number of benzene rings is 2. The summed E-state index contributed by atoms with van der Waals surface area (Å²) in [6.45, 7) is 14.2. The van der Waals surface area contributed by atoms with Crippen LogP contribution < -0.4 is 19.1 Å². The first-order valence-corrected chi connectivity index (χ1v) is 13.8. The number of carbonyl (C=O) groups is 1. The highest BCUT2D eigenvalue weighted by atomic mass is 32.2. The van der Waals surface area contributed by atoms with Crippen LogP contribution in [0.3, 0.4) is 0 Å². The Balaban J connectivity index is 1.89. The molecular formula is C27H38N2O5S. The minimum atomic E-state index is -3.62. The van der Waals surface area contributed by atoms with Crippen molar-refractivity contribution in [1.82, 2.24) is 5.32 Å². The van der Waals surface area contributed by atoms with Crippen molar-refractivity contribution in [2.75, 3.05) is 24.2 Å². The number of ether oxygens (including phenoxy) is 2. The van der Waals surface area contributed by atoms with Crippen LogP contribution in [-0.2, 0) is 20.2 Å². The predicted molar refractivity (Wildman–Crippen MR) is 140 cm³/mol. The lowest BCUT2D eigenvalue weighted by Gasteiger charge is -2.35. The molecule has 2 aromatic rings. The molecule has 8 heteroatoms. The molecule has 1 N–H and O–H groups in total. The molecule has 2 atom stereocenters. The SMILES string of the molecule is COc1cc(C)c([C@@H](C)NC(=O)[C@@H]2CN(S(C)(=O)=O)c3cc(C(C)(C)C)ccc3O2)cc1C(C)C. The van der Waals surface area contributed by atoms with Crippen molar-refractivity contribution >= 4 is 21.6 Å². The first-order valence-electron chi connectivity index (χ1n) is 11.9. The third-order valence-electron chi connectivity index (χ3n) is 6.45. The summed E-state index contributed by atoms with van der Waals surface area (Å²) in [5.41, 5.74) is 4.34. The van der Waals surface area contributed by atoms with E-state index < -0.39 is 16.1 Å². The molecule has 0 bridgehead atoms. The van der Waals surface area contributed by atoms with E-state index in [9.17, 15) is 13.2 Å². The van der Waals surface area contributed by atoms with Gasteiger partial charge < -0.3 is 14.8 Å². The van der Waals surface area contributed by atoms with E-state index in [1.807, 2.05) is 32.0 Å². The minimum Gasteiger partial charge on any atom is -0.496 e. The average Bonchev–Trinajstić information content (AvgIpc) is 2.75. The fourth-order valence-corrected chi connectivity index (χ4v) is 5.27. The summed E-state index contributed by atoms with van der Waals surface area (Å²) in [7, 11) is -1.96. The normalized spacial score (nSPS) is 17.0. The number of aryl methyl sites for hydroxylation is 1. The molecule has 1 amide bonds. The Kier molecular flexibility index (Phi) is 7.46. The van der Waals surface area contributed by atoms with Gasteiger partial charge in [0.1, 0.15) is 11.5 Å². The molecule has 2 aromatic carbocycles. The van der Waals surface area contributed by atoms with Crippen molar-refractivity contribution in [3.63, 3.8) is 0 Å². The number of hydrogen-bond donors (Lipinski definition) is 1. The maximum Gasteiger partial charge on any atom is 0.263 e. The summed E-state index contributed by atoms with van der Waals surface area (Å²) in [6.07, 6.45) is 0.181. The lowest BCUT2D eigenvalue weighted by molar-refractivity contribution is -0.128. The Labute approximate surface area is 209 Å². The van der Waals surface area contributed by atoms with Gasteiger partial charge in [0, 0.05) is 0 Å². The first-order chi connectivity index (χ1) is 16.1. The number of carbonyl (C=O) groups excluding carboxylic acids is 1. The number of nitrogens with zero attached hydrogens (tertiary/aromatic N) is 1. The smallest absolute Gasteiger partial charge is 0.263 e. The third-order valence-corrected chi connectivity index (χ3v) is 7.60. The molecular weight excluding hydrogens is 464 g/mol. The van der Waals surface area contributed by atoms with E-state index in [0.717, 1.165) is 34.3 Å². The molecule has 35 heavy (non-hydrogen) atoms. The van der Waals surface area contributed by atoms with E-state index in [1.165, 1.54) is 4.31 Å². The molecule has 1 aliphatic rings. The van der Waals surface area contributed by atoms with Crippen molar-refractivity contribution < 1.29 is 22.7 Å². The molecule has 0 radical (unpaired) electrons. The highest BCUT2D eigenvalue weighted by Crippen LogP contribution is 2.39. The molecule has 1 aliphatic heterocycles. The van der Waals surface area contributed by atoms with Gasteiger partial charge in [-0.05, 0) is 71.7 Å². The Hall–Kier alpha value is -2.74. The molecule has 0 aliphatic carbocycles. The molecule has 0 unspecified atom stereocenters. The summed E-state index contributed by atoms with van der Waals surface area (Å²) >= 11 is 0. The van der Waals surface area contributed by atoms with Crippen molar-refractivity contribution in [1.29, 1.82) is 0 Å². The van der Waals surface area contributed by atoms with Gasteiger partial charge in [-0.15, -0.1) is 0 Å². The Morgan fingerprint density at radius 2 is 1.80 bits per heavy atom. The molecule has 1 heterocycles. The van der Waals surface area contributed by atoms with Crippen LogP contribution in [0.15, 0.2) is 30.3 Å². The first kappa shape index (κ1) is 26.9. The van der Waals surface area contributed by atoms with Gasteiger partial charge in [0.05, 0.1) is 31.6 Å². The van der Waals surface area contributed by atoms with Crippen molar-refractivity contribution in [3.8, 4) is 11.5 Å². The number of methoxy groups -OCH3 is 1. The van der Waals surface area contributed by atoms with E-state index in [4.69, 9.17) is 9.47 Å². The van der Waals surface area contributed by atoms with Gasteiger partial charge in [0.15, 0.2) is 6.10 Å². The maximum atomic E-state index is 13.3. The molecule has 7 nitrogen and oxygen atoms in total. The van der Waals surface area contributed by atoms with E-state index in [1.54, 1.807) is 13.2 Å². The fraction of sp³-hybridized carbons (Fsp3) is 0.519. The molecule has 0 aromatic heterocycles. The van der Waals surface area contributed by atoms with Gasteiger partial charge in [0.2, 0.25) is 10.0 Å². The number of amides is 1. The second-order valence-corrected chi connectivity index (χ2v) is 12.6. The van der Waals surface area contributed by atoms with Crippen LogP contribution in [0.2, 0.25) is 0 Å². The number of nitrogens with one attached hydrogen (secondary N) is 1. The number of rotatable bonds is 6. The van der Waals surface area contributed by atoms with Gasteiger partial charge in [-0.25, -0.2) is 8.42 Å². The largest absolute Gasteiger partial charge is 0.496 e. The van der Waals surface area contributed by atoms with E-state index in [2.05, 4.69) is 46.0 Å². The van der Waals surface area contributed by atoms with Gasteiger partial charge in [-0.3, -0.25) is 9.10 Å². The Bertz CT molecular complexity index is 1210. The quantitative estimate of drug-likeness (QED) is 0.612. The van der Waals surface area contributed by atoms with Crippen LogP contribution in [0.1, 0.15) is 75.8 Å². The average molecular weight is 503 g/mol. The number of sulfonamides is 1. The number of fused-ring (bicyclic) bond motifs is 1. The van der Waals surface area contributed by atoms with Crippen LogP contribution in [-0.4, -0.2) is 40.3 Å². The maximum absolute atomic E-state index is 13.3. The fourth-order valence-electron chi connectivity index (χ4n) is 4.36. The molecule has 0 saturated heterocycles. The highest BCUT2D eigenvalue weighted by molar-refractivity contribution is 7.92. The minimum absolute atomic E-state index is 0.0865. The Morgan fingerprint density at radius 3 is 2.34 bits per heavy atom. The molecule has 3 rings (SSSR count). The van der Waals surface area contributed by atoms with Crippen molar-refractivity contribution in [2.45, 2.75) is 71.9 Å². The zero-order chi connectivity index (χ0) is 26.3. The monoisotopic (exact) mass is 502 g/mol. The van der Waals surface area contributed by atoms with Crippen LogP contribution in [0.4, 0.5) is 5.69 Å². The van der Waals surface area contributed by atoms with E-state index in [-0.39, 0.29) is 29.8 Å². The Morgan fingerprint density at radius 1 is 1.14 bits per heavy atom. The van der Waals surface area contributed by atoms with Crippen LogP contribution in [0, 0.1) is 6.92 Å². The van der Waals surface area contributed by atoms with E-state index >= 15 is 0 Å². The molecule has 0 spiro atoms. The van der Waals surface area contributed by atoms with Crippen LogP contribution in [0.25, 0.3) is 0 Å². The van der Waals surface area contributed by atoms with Gasteiger partial charge in [-0.1, -0.05) is 40.7 Å². The topological polar surface area (TPSA) is 84.9 Å². The highest BCUT2D eigenvalue weighted by Gasteiger charge is 2.36. The van der Waals surface area contributed by atoms with Crippen molar-refractivity contribution in [3.05, 3.63) is 52.6 Å². The third kappa shape index (κ3) is 5.74. The zero-order valence-electron chi connectivity index (χ0n) is 22.2. The van der Waals surface area contributed by atoms with Crippen LogP contribution in [0.5, 0.6) is 11.5 Å².